The van der Waals surface area contributed by atoms with Crippen LogP contribution in [0.4, 0.5) is 11.4 Å². The summed E-state index contributed by atoms with van der Waals surface area (Å²) in [4.78, 5) is 7.14. The first-order chi connectivity index (χ1) is 26.2. The average molecular weight is 678 g/mol. The SMILES string of the molecule is [C-]#[N+]c1ccc(-c2nnc(-c3ccc([N+]#[C-])cc3)n2-c2ccc3c(c2)c2ccccc2n3-c2cccc(-n3c4ccccc4c4ccccc43)c2)cc1. The van der Waals surface area contributed by atoms with Gasteiger partial charge in [0.05, 0.1) is 40.9 Å². The quantitative estimate of drug-likeness (QED) is 0.170. The van der Waals surface area contributed by atoms with E-state index in [9.17, 15) is 0 Å². The molecular formula is C46H27N7. The van der Waals surface area contributed by atoms with Crippen LogP contribution in [0.5, 0.6) is 0 Å². The van der Waals surface area contributed by atoms with E-state index in [4.69, 9.17) is 13.1 Å². The fraction of sp³-hybridized carbons (Fsp3) is 0. The van der Waals surface area contributed by atoms with Crippen molar-refractivity contribution in [1.82, 2.24) is 23.9 Å². The van der Waals surface area contributed by atoms with E-state index in [-0.39, 0.29) is 0 Å². The van der Waals surface area contributed by atoms with Gasteiger partial charge in [-0.25, -0.2) is 9.69 Å². The standard InChI is InChI=1S/C46H27N7/c1-47-32-22-18-30(19-23-32)45-49-50-46(31-20-24-33(48-2)25-21-31)53(45)36-26-27-44-40(29-36)39-14-5-8-17-43(39)52(44)35-11-9-10-34(28-35)51-41-15-6-3-12-37(41)38-13-4-7-16-42(38)51/h3-29H. The predicted octanol–water partition coefficient (Wildman–Crippen LogP) is 11.9. The molecule has 3 aromatic heterocycles. The number of fused-ring (bicyclic) bond motifs is 6. The number of hydrogen-bond acceptors (Lipinski definition) is 2. The van der Waals surface area contributed by atoms with Gasteiger partial charge >= 0.3 is 0 Å². The molecule has 0 saturated heterocycles. The number of para-hydroxylation sites is 3. The molecule has 0 radical (unpaired) electrons. The Kier molecular flexibility index (Phi) is 6.79. The molecule has 7 aromatic carbocycles. The van der Waals surface area contributed by atoms with Crippen LogP contribution in [-0.4, -0.2) is 23.9 Å². The highest BCUT2D eigenvalue weighted by Crippen LogP contribution is 2.38. The number of aromatic nitrogens is 5. The van der Waals surface area contributed by atoms with Crippen LogP contribution in [0.15, 0.2) is 164 Å². The lowest BCUT2D eigenvalue weighted by Crippen LogP contribution is -2.01. The van der Waals surface area contributed by atoms with Gasteiger partial charge in [-0.15, -0.1) is 10.2 Å². The second kappa shape index (κ2) is 11.9. The van der Waals surface area contributed by atoms with Gasteiger partial charge in [-0.2, -0.15) is 0 Å². The zero-order chi connectivity index (χ0) is 35.5. The van der Waals surface area contributed by atoms with Gasteiger partial charge in [0.2, 0.25) is 0 Å². The maximum absolute atomic E-state index is 7.43. The molecule has 246 valence electrons. The lowest BCUT2D eigenvalue weighted by atomic mass is 10.1. The van der Waals surface area contributed by atoms with E-state index in [0.29, 0.717) is 23.0 Å². The highest BCUT2D eigenvalue weighted by Gasteiger charge is 2.20. The second-order valence-electron chi connectivity index (χ2n) is 12.9. The van der Waals surface area contributed by atoms with E-state index >= 15 is 0 Å². The van der Waals surface area contributed by atoms with Crippen molar-refractivity contribution in [3.63, 3.8) is 0 Å². The minimum atomic E-state index is 0.561. The van der Waals surface area contributed by atoms with Crippen LogP contribution >= 0.6 is 0 Å². The minimum absolute atomic E-state index is 0.561. The summed E-state index contributed by atoms with van der Waals surface area (Å²) in [7, 11) is 0. The van der Waals surface area contributed by atoms with Crippen molar-refractivity contribution in [3.8, 4) is 39.8 Å². The van der Waals surface area contributed by atoms with Crippen LogP contribution in [0.2, 0.25) is 0 Å². The Morgan fingerprint density at radius 2 is 0.774 bits per heavy atom. The van der Waals surface area contributed by atoms with E-state index < -0.39 is 0 Å². The van der Waals surface area contributed by atoms with Gasteiger partial charge in [-0.3, -0.25) is 4.57 Å². The molecule has 0 fully saturated rings. The molecule has 0 aliphatic heterocycles. The molecule has 53 heavy (non-hydrogen) atoms. The van der Waals surface area contributed by atoms with E-state index in [2.05, 4.69) is 149 Å². The minimum Gasteiger partial charge on any atom is -0.309 e. The Hall–Kier alpha value is -7.74. The third kappa shape index (κ3) is 4.73. The number of rotatable bonds is 5. The van der Waals surface area contributed by atoms with Crippen LogP contribution in [0.1, 0.15) is 0 Å². The third-order valence-electron chi connectivity index (χ3n) is 10.0. The van der Waals surface area contributed by atoms with E-state index in [0.717, 1.165) is 50.0 Å². The highest BCUT2D eigenvalue weighted by atomic mass is 15.3. The molecule has 0 aliphatic carbocycles. The molecular weight excluding hydrogens is 651 g/mol. The van der Waals surface area contributed by atoms with Gasteiger partial charge in [0.15, 0.2) is 23.0 Å². The summed E-state index contributed by atoms with van der Waals surface area (Å²) in [6, 6.07) is 55.8. The van der Waals surface area contributed by atoms with Crippen molar-refractivity contribution >= 4 is 55.0 Å². The van der Waals surface area contributed by atoms with Gasteiger partial charge in [-0.05, 0) is 54.6 Å². The van der Waals surface area contributed by atoms with Crippen LogP contribution < -0.4 is 0 Å². The number of hydrogen-bond donors (Lipinski definition) is 0. The molecule has 0 saturated carbocycles. The van der Waals surface area contributed by atoms with E-state index in [1.165, 1.54) is 21.8 Å². The van der Waals surface area contributed by atoms with Gasteiger partial charge in [0.1, 0.15) is 0 Å². The third-order valence-corrected chi connectivity index (χ3v) is 10.0. The second-order valence-corrected chi connectivity index (χ2v) is 12.9. The summed E-state index contributed by atoms with van der Waals surface area (Å²) >= 11 is 0. The predicted molar refractivity (Wildman–Crippen MR) is 213 cm³/mol. The first-order valence-electron chi connectivity index (χ1n) is 17.2. The molecule has 0 spiro atoms. The lowest BCUT2D eigenvalue weighted by molar-refractivity contribution is 1.07. The highest BCUT2D eigenvalue weighted by molar-refractivity contribution is 6.11. The summed E-state index contributed by atoms with van der Waals surface area (Å²) in [5.74, 6) is 1.32. The first-order valence-corrected chi connectivity index (χ1v) is 17.2. The topological polar surface area (TPSA) is 49.3 Å². The Morgan fingerprint density at radius 1 is 0.358 bits per heavy atom. The molecule has 7 nitrogen and oxygen atoms in total. The molecule has 0 unspecified atom stereocenters. The zero-order valence-corrected chi connectivity index (χ0v) is 28.2. The molecule has 0 bridgehead atoms. The van der Waals surface area contributed by atoms with Crippen LogP contribution in [0.3, 0.4) is 0 Å². The number of nitrogens with zero attached hydrogens (tertiary/aromatic N) is 7. The molecule has 10 rings (SSSR count). The Morgan fingerprint density at radius 3 is 1.25 bits per heavy atom. The smallest absolute Gasteiger partial charge is 0.187 e. The Bertz CT molecular complexity index is 3000. The number of benzene rings is 7. The molecule has 3 heterocycles. The fourth-order valence-corrected chi connectivity index (χ4v) is 7.62. The van der Waals surface area contributed by atoms with Crippen molar-refractivity contribution < 1.29 is 0 Å². The lowest BCUT2D eigenvalue weighted by Gasteiger charge is -2.14. The maximum Gasteiger partial charge on any atom is 0.187 e. The summed E-state index contributed by atoms with van der Waals surface area (Å²) in [6.07, 6.45) is 0. The van der Waals surface area contributed by atoms with Gasteiger partial charge < -0.3 is 9.13 Å². The molecule has 0 amide bonds. The van der Waals surface area contributed by atoms with Crippen LogP contribution in [0, 0.1) is 13.1 Å². The average Bonchev–Trinajstić information content (AvgIpc) is 3.91. The van der Waals surface area contributed by atoms with Gasteiger partial charge in [-0.1, -0.05) is 109 Å². The zero-order valence-electron chi connectivity index (χ0n) is 28.2. The van der Waals surface area contributed by atoms with E-state index in [1.54, 1.807) is 24.3 Å². The summed E-state index contributed by atoms with van der Waals surface area (Å²) in [5, 5.41) is 14.0. The van der Waals surface area contributed by atoms with Crippen molar-refractivity contribution in [3.05, 3.63) is 187 Å². The fourth-order valence-electron chi connectivity index (χ4n) is 7.62. The summed E-state index contributed by atoms with van der Waals surface area (Å²) < 4.78 is 6.75. The molecule has 0 atom stereocenters. The largest absolute Gasteiger partial charge is 0.309 e. The normalized spacial score (nSPS) is 11.4. The van der Waals surface area contributed by atoms with Gasteiger partial charge in [0, 0.05) is 44.0 Å². The Balaban J connectivity index is 1.18. The molecule has 10 aromatic rings. The van der Waals surface area contributed by atoms with Crippen LogP contribution in [-0.2, 0) is 0 Å². The molecule has 0 N–H and O–H groups in total. The van der Waals surface area contributed by atoms with Crippen molar-refractivity contribution in [1.29, 1.82) is 0 Å². The van der Waals surface area contributed by atoms with Crippen molar-refractivity contribution in [2.45, 2.75) is 0 Å². The summed E-state index contributed by atoms with van der Waals surface area (Å²) in [6.45, 7) is 14.9. The van der Waals surface area contributed by atoms with Crippen molar-refractivity contribution in [2.75, 3.05) is 0 Å². The monoisotopic (exact) mass is 677 g/mol. The Labute approximate surface area is 304 Å². The van der Waals surface area contributed by atoms with Crippen LogP contribution in [0.25, 0.3) is 93.1 Å². The van der Waals surface area contributed by atoms with Crippen molar-refractivity contribution in [2.24, 2.45) is 0 Å². The molecule has 7 heteroatoms. The molecule has 0 aliphatic rings. The van der Waals surface area contributed by atoms with E-state index in [1.807, 2.05) is 24.3 Å². The maximum atomic E-state index is 7.43. The van der Waals surface area contributed by atoms with Gasteiger partial charge in [0.25, 0.3) is 0 Å². The first kappa shape index (κ1) is 30.1. The summed E-state index contributed by atoms with van der Waals surface area (Å²) in [5.41, 5.74) is 10.4.